The molecule has 0 bridgehead atoms. The van der Waals surface area contributed by atoms with Gasteiger partial charge in [-0.15, -0.1) is 0 Å². The third kappa shape index (κ3) is 1.69. The number of benzene rings is 3. The fraction of sp³-hybridized carbons (Fsp3) is 0. The summed E-state index contributed by atoms with van der Waals surface area (Å²) in [5.74, 6) is 0.646. The molecular weight excluding hydrogens is 260 g/mol. The molecule has 0 unspecified atom stereocenters. The molecule has 0 heterocycles. The van der Waals surface area contributed by atoms with Gasteiger partial charge in [-0.2, -0.15) is 0 Å². The molecule has 0 aliphatic heterocycles. The van der Waals surface area contributed by atoms with Crippen molar-refractivity contribution in [2.45, 2.75) is 0 Å². The summed E-state index contributed by atoms with van der Waals surface area (Å²) >= 11 is 0. The molecule has 0 radical (unpaired) electrons. The Morgan fingerprint density at radius 3 is 2.10 bits per heavy atom. The minimum Gasteiger partial charge on any atom is -0.427 e. The molecule has 0 aromatic heterocycles. The second-order valence-corrected chi connectivity index (χ2v) is 4.99. The van der Waals surface area contributed by atoms with Gasteiger partial charge in [-0.25, -0.2) is 0 Å². The number of rotatable bonds is 3. The predicted octanol–water partition coefficient (Wildman–Crippen LogP) is 4.54. The third-order valence-corrected chi connectivity index (χ3v) is 3.90. The lowest BCUT2D eigenvalue weighted by Crippen LogP contribution is -2.04. The topological polar surface area (TPSA) is 26.3 Å². The summed E-state index contributed by atoms with van der Waals surface area (Å²) in [7, 11) is 0. The molecule has 4 rings (SSSR count). The zero-order chi connectivity index (χ0) is 14.2. The van der Waals surface area contributed by atoms with Crippen LogP contribution in [0.1, 0.15) is 0 Å². The minimum atomic E-state index is 0.503. The minimum absolute atomic E-state index is 0.503. The van der Waals surface area contributed by atoms with Crippen LogP contribution < -0.4 is 4.74 Å². The molecule has 0 atom stereocenters. The number of ether oxygens (including phenoxy) is 1. The van der Waals surface area contributed by atoms with Crippen molar-refractivity contribution in [2.75, 3.05) is 0 Å². The van der Waals surface area contributed by atoms with E-state index in [2.05, 4.69) is 18.2 Å². The summed E-state index contributed by atoms with van der Waals surface area (Å²) in [6.07, 6.45) is 0. The van der Waals surface area contributed by atoms with Crippen LogP contribution in [0, 0.1) is 0 Å². The molecule has 0 saturated carbocycles. The van der Waals surface area contributed by atoms with Gasteiger partial charge in [0.1, 0.15) is 5.75 Å². The highest BCUT2D eigenvalue weighted by molar-refractivity contribution is 6.07. The zero-order valence-corrected chi connectivity index (χ0v) is 11.2. The standard InChI is InChI=1S/C19H12O2/c20-12-21-19-14(13-6-2-1-3-7-13)10-11-17-15-8-4-5-9-16(15)18(17)19/h1-12H. The van der Waals surface area contributed by atoms with E-state index in [9.17, 15) is 4.79 Å². The molecule has 0 N–H and O–H groups in total. The van der Waals surface area contributed by atoms with Crippen molar-refractivity contribution in [1.29, 1.82) is 0 Å². The monoisotopic (exact) mass is 272 g/mol. The van der Waals surface area contributed by atoms with Crippen LogP contribution in [0.2, 0.25) is 0 Å². The summed E-state index contributed by atoms with van der Waals surface area (Å²) in [4.78, 5) is 10.9. The van der Waals surface area contributed by atoms with Crippen molar-refractivity contribution < 1.29 is 9.53 Å². The van der Waals surface area contributed by atoms with E-state index in [1.807, 2.05) is 48.5 Å². The number of hydrogen-bond donors (Lipinski definition) is 0. The predicted molar refractivity (Wildman–Crippen MR) is 83.0 cm³/mol. The van der Waals surface area contributed by atoms with Gasteiger partial charge in [0.05, 0.1) is 0 Å². The fourth-order valence-electron chi connectivity index (χ4n) is 2.96. The van der Waals surface area contributed by atoms with Gasteiger partial charge in [0, 0.05) is 11.1 Å². The van der Waals surface area contributed by atoms with E-state index >= 15 is 0 Å². The van der Waals surface area contributed by atoms with E-state index in [1.165, 1.54) is 5.56 Å². The summed E-state index contributed by atoms with van der Waals surface area (Å²) in [6.45, 7) is 0.503. The van der Waals surface area contributed by atoms with E-state index < -0.39 is 0 Å². The van der Waals surface area contributed by atoms with Gasteiger partial charge < -0.3 is 4.74 Å². The first-order valence-corrected chi connectivity index (χ1v) is 6.82. The average Bonchev–Trinajstić information content (AvgIpc) is 2.53. The van der Waals surface area contributed by atoms with Crippen molar-refractivity contribution >= 4 is 6.47 Å². The first-order valence-electron chi connectivity index (χ1n) is 6.82. The molecule has 1 aliphatic carbocycles. The molecule has 3 aromatic carbocycles. The molecule has 3 aromatic rings. The summed E-state index contributed by atoms with van der Waals surface area (Å²) < 4.78 is 5.33. The van der Waals surface area contributed by atoms with Gasteiger partial charge in [0.2, 0.25) is 0 Å². The van der Waals surface area contributed by atoms with Gasteiger partial charge >= 0.3 is 0 Å². The molecule has 0 saturated heterocycles. The molecule has 21 heavy (non-hydrogen) atoms. The first kappa shape index (κ1) is 11.9. The normalized spacial score (nSPS) is 11.0. The largest absolute Gasteiger partial charge is 0.427 e. The maximum Gasteiger partial charge on any atom is 0.298 e. The highest BCUT2D eigenvalue weighted by atomic mass is 16.5. The highest BCUT2D eigenvalue weighted by Crippen LogP contribution is 2.54. The van der Waals surface area contributed by atoms with E-state index in [4.69, 9.17) is 4.74 Å². The van der Waals surface area contributed by atoms with E-state index in [0.29, 0.717) is 12.2 Å². The number of carbonyl (C=O) groups is 1. The SMILES string of the molecule is O=COc1c(-c2ccccc2)ccc2c1-c1ccccc1-2. The van der Waals surface area contributed by atoms with Crippen molar-refractivity contribution in [3.05, 3.63) is 66.7 Å². The maximum absolute atomic E-state index is 10.9. The second-order valence-electron chi connectivity index (χ2n) is 4.99. The smallest absolute Gasteiger partial charge is 0.298 e. The van der Waals surface area contributed by atoms with Crippen LogP contribution in [-0.4, -0.2) is 6.47 Å². The Morgan fingerprint density at radius 1 is 0.667 bits per heavy atom. The highest BCUT2D eigenvalue weighted by Gasteiger charge is 2.28. The lowest BCUT2D eigenvalue weighted by atomic mass is 9.78. The Labute approximate surface area is 122 Å². The summed E-state index contributed by atoms with van der Waals surface area (Å²) in [5, 5.41) is 0. The van der Waals surface area contributed by atoms with Crippen molar-refractivity contribution in [1.82, 2.24) is 0 Å². The van der Waals surface area contributed by atoms with Crippen LogP contribution in [0.25, 0.3) is 33.4 Å². The molecule has 0 spiro atoms. The second kappa shape index (κ2) is 4.60. The van der Waals surface area contributed by atoms with Crippen LogP contribution in [-0.2, 0) is 4.79 Å². The molecule has 0 amide bonds. The van der Waals surface area contributed by atoms with E-state index in [-0.39, 0.29) is 0 Å². The van der Waals surface area contributed by atoms with Crippen molar-refractivity contribution in [2.24, 2.45) is 0 Å². The van der Waals surface area contributed by atoms with Crippen molar-refractivity contribution in [3.8, 4) is 39.1 Å². The number of hydrogen-bond acceptors (Lipinski definition) is 2. The van der Waals surface area contributed by atoms with Gasteiger partial charge in [0.15, 0.2) is 0 Å². The van der Waals surface area contributed by atoms with Gasteiger partial charge in [-0.1, -0.05) is 60.7 Å². The van der Waals surface area contributed by atoms with Crippen LogP contribution >= 0.6 is 0 Å². The fourth-order valence-corrected chi connectivity index (χ4v) is 2.96. The lowest BCUT2D eigenvalue weighted by molar-refractivity contribution is -0.120. The average molecular weight is 272 g/mol. The Morgan fingerprint density at radius 2 is 1.33 bits per heavy atom. The quantitative estimate of drug-likeness (QED) is 0.512. The maximum atomic E-state index is 10.9. The van der Waals surface area contributed by atoms with Crippen LogP contribution in [0.5, 0.6) is 5.75 Å². The number of carbonyl (C=O) groups excluding carboxylic acids is 1. The van der Waals surface area contributed by atoms with E-state index in [0.717, 1.165) is 27.8 Å². The first-order chi connectivity index (χ1) is 10.4. The third-order valence-electron chi connectivity index (χ3n) is 3.90. The molecule has 2 heteroatoms. The number of fused-ring (bicyclic) bond motifs is 4. The van der Waals surface area contributed by atoms with Gasteiger partial charge in [0.25, 0.3) is 6.47 Å². The Bertz CT molecular complexity index is 816. The molecule has 100 valence electrons. The molecular formula is C19H12O2. The summed E-state index contributed by atoms with van der Waals surface area (Å²) in [5.41, 5.74) is 6.50. The van der Waals surface area contributed by atoms with E-state index in [1.54, 1.807) is 0 Å². The molecule has 1 aliphatic rings. The summed E-state index contributed by atoms with van der Waals surface area (Å²) in [6, 6.07) is 22.2. The van der Waals surface area contributed by atoms with Gasteiger partial charge in [-0.05, 0) is 28.3 Å². The van der Waals surface area contributed by atoms with Crippen LogP contribution in [0.4, 0.5) is 0 Å². The van der Waals surface area contributed by atoms with Crippen LogP contribution in [0.3, 0.4) is 0 Å². The Balaban J connectivity index is 1.96. The Hall–Kier alpha value is -2.87. The van der Waals surface area contributed by atoms with Gasteiger partial charge in [-0.3, -0.25) is 4.79 Å². The molecule has 0 fully saturated rings. The van der Waals surface area contributed by atoms with Crippen LogP contribution in [0.15, 0.2) is 66.7 Å². The Kier molecular flexibility index (Phi) is 2.61. The lowest BCUT2D eigenvalue weighted by Gasteiger charge is -2.27. The molecule has 2 nitrogen and oxygen atoms in total. The van der Waals surface area contributed by atoms with Crippen molar-refractivity contribution in [3.63, 3.8) is 0 Å². The zero-order valence-electron chi connectivity index (χ0n) is 11.2.